The van der Waals surface area contributed by atoms with Gasteiger partial charge in [-0.05, 0) is 194 Å². The predicted molar refractivity (Wildman–Crippen MR) is 547 cm³/mol. The predicted octanol–water partition coefficient (Wildman–Crippen LogP) is 29.0. The van der Waals surface area contributed by atoms with Crippen LogP contribution in [0, 0.1) is 47.2 Å². The second-order valence-electron chi connectivity index (χ2n) is 33.1. The Morgan fingerprint density at radius 2 is 0.727 bits per heavy atom. The highest BCUT2D eigenvalue weighted by Crippen LogP contribution is 2.45. The number of rotatable bonds is 16. The van der Waals surface area contributed by atoms with Crippen molar-refractivity contribution >= 4 is 76.7 Å². The van der Waals surface area contributed by atoms with Gasteiger partial charge in [0.2, 0.25) is 0 Å². The summed E-state index contributed by atoms with van der Waals surface area (Å²) < 4.78 is 64.6. The van der Waals surface area contributed by atoms with E-state index in [-0.39, 0.29) is 34.7 Å². The first kappa shape index (κ1) is 88.2. The third-order valence-electron chi connectivity index (χ3n) is 24.2. The molecule has 678 valence electrons. The number of H-pyrrole nitrogens is 8. The van der Waals surface area contributed by atoms with E-state index in [0.29, 0.717) is 34.2 Å². The van der Waals surface area contributed by atoms with Crippen LogP contribution in [-0.4, -0.2) is 89.0 Å². The quantitative estimate of drug-likeness (QED) is 0.0143. The number of non-ortho nitro benzene ring substituents is 1. The zero-order valence-corrected chi connectivity index (χ0v) is 75.1. The maximum atomic E-state index is 13.5. The first-order chi connectivity index (χ1) is 67.9. The summed E-state index contributed by atoms with van der Waals surface area (Å²) in [7, 11) is 3.22. The molecule has 0 bridgehead atoms. The second kappa shape index (κ2) is 38.5. The summed E-state index contributed by atoms with van der Waals surface area (Å²) >= 11 is 0. The first-order valence-corrected chi connectivity index (χ1v) is 44.6. The number of nitrogens with one attached hydrogen (secondary N) is 8. The van der Waals surface area contributed by atoms with Crippen LogP contribution in [0.25, 0.3) is 212 Å². The van der Waals surface area contributed by atoms with Gasteiger partial charge in [-0.15, -0.1) is 0 Å². The Hall–Kier alpha value is -18.7. The highest BCUT2D eigenvalue weighted by molar-refractivity contribution is 6.23. The summed E-state index contributed by atoms with van der Waals surface area (Å²) in [4.78, 5) is 62.3. The van der Waals surface area contributed by atoms with Crippen LogP contribution in [0.3, 0.4) is 0 Å². The molecule has 139 heavy (non-hydrogen) atoms. The van der Waals surface area contributed by atoms with Crippen molar-refractivity contribution in [1.29, 1.82) is 0 Å². The number of phenolic OH excluding ortho intramolecular Hbond substituents is 1. The molecule has 0 fully saturated rings. The zero-order chi connectivity index (χ0) is 95.3. The molecular weight excluding hydrogens is 1750 g/mol. The SMILES string of the molecule is COc1ccc(-c2nc(-c3ccccc3)c(-c3ccc(F)cc3)[nH]2)c(OC)c1.Cc1[nH]c2ccc(N)cc2c1-c1nc(-c2ccccc2)c(-c2ccc(F)cc2)[nH]1.Cc1[nH]c2ccc([N+](=O)[O-])cc2c1-c1nc(-c2ccccc2)c(-c2ccc(F)cc2)[nH]1.Fc1ccc(-c2[nH]c(-c3ccc4[nH]ccc4c3)nc2-c2ccccc2)cc1.Oc1cccc(-c2nc3c4ccccc4c4ccccc4c3[nH]2)c1. The summed E-state index contributed by atoms with van der Waals surface area (Å²) in [6, 6.07) is 113. The largest absolute Gasteiger partial charge is 0.508 e. The molecule has 0 spiro atoms. The summed E-state index contributed by atoms with van der Waals surface area (Å²) in [6.07, 6.45) is 1.93. The molecule has 20 nitrogen and oxygen atoms in total. The van der Waals surface area contributed by atoms with Crippen molar-refractivity contribution in [2.24, 2.45) is 0 Å². The van der Waals surface area contributed by atoms with E-state index in [1.165, 1.54) is 65.4 Å². The number of anilines is 1. The van der Waals surface area contributed by atoms with Gasteiger partial charge in [-0.1, -0.05) is 182 Å². The number of aromatic nitrogens is 13. The van der Waals surface area contributed by atoms with Gasteiger partial charge in [-0.25, -0.2) is 42.5 Å². The lowest BCUT2D eigenvalue weighted by Gasteiger charge is -2.08. The summed E-state index contributed by atoms with van der Waals surface area (Å²) in [6.45, 7) is 3.93. The van der Waals surface area contributed by atoms with Crippen molar-refractivity contribution in [3.63, 3.8) is 0 Å². The number of nitro benzene ring substituents is 1. The molecule has 0 radical (unpaired) electrons. The van der Waals surface area contributed by atoms with Crippen LogP contribution in [0.15, 0.2) is 376 Å². The Morgan fingerprint density at radius 3 is 1.20 bits per heavy atom. The number of halogens is 4. The Labute approximate surface area is 792 Å². The number of hydrogen-bond acceptors (Lipinski definition) is 11. The van der Waals surface area contributed by atoms with Crippen molar-refractivity contribution in [2.45, 2.75) is 13.8 Å². The number of nitrogen functional groups attached to an aromatic ring is 1. The lowest BCUT2D eigenvalue weighted by molar-refractivity contribution is -0.384. The van der Waals surface area contributed by atoms with E-state index in [1.807, 2.05) is 220 Å². The number of imidazole rings is 5. The molecule has 8 aromatic heterocycles. The van der Waals surface area contributed by atoms with Crippen molar-refractivity contribution in [1.82, 2.24) is 64.8 Å². The van der Waals surface area contributed by atoms with Gasteiger partial charge in [0.1, 0.15) is 69.6 Å². The van der Waals surface area contributed by atoms with Crippen LogP contribution in [0.1, 0.15) is 11.4 Å². The normalized spacial score (nSPS) is 11.1. The van der Waals surface area contributed by atoms with Gasteiger partial charge in [0.05, 0.1) is 81.3 Å². The summed E-state index contributed by atoms with van der Waals surface area (Å²) in [5.41, 5.74) is 31.7. The lowest BCUT2D eigenvalue weighted by Crippen LogP contribution is -1.91. The Balaban J connectivity index is 0.000000107. The lowest BCUT2D eigenvalue weighted by atomic mass is 10.0. The number of phenols is 1. The fraction of sp³-hybridized carbons (Fsp3) is 0.0348. The fourth-order valence-corrected chi connectivity index (χ4v) is 17.5. The molecule has 8 heterocycles. The van der Waals surface area contributed by atoms with Gasteiger partial charge in [0.25, 0.3) is 5.69 Å². The number of aromatic hydroxyl groups is 1. The van der Waals surface area contributed by atoms with E-state index in [0.717, 1.165) is 196 Å². The second-order valence-corrected chi connectivity index (χ2v) is 33.1. The van der Waals surface area contributed by atoms with Crippen molar-refractivity contribution in [3.8, 4) is 164 Å². The van der Waals surface area contributed by atoms with E-state index in [4.69, 9.17) is 40.1 Å². The number of aromatic amines is 8. The minimum Gasteiger partial charge on any atom is -0.508 e. The van der Waals surface area contributed by atoms with Crippen molar-refractivity contribution in [3.05, 3.63) is 421 Å². The van der Waals surface area contributed by atoms with Gasteiger partial charge < -0.3 is 60.2 Å². The average molecular weight is 1830 g/mol. The van der Waals surface area contributed by atoms with Crippen molar-refractivity contribution in [2.75, 3.05) is 20.0 Å². The zero-order valence-electron chi connectivity index (χ0n) is 75.1. The van der Waals surface area contributed by atoms with Gasteiger partial charge >= 0.3 is 0 Å². The molecular formula is C115H85F4N15O5. The van der Waals surface area contributed by atoms with Crippen LogP contribution >= 0.6 is 0 Å². The summed E-state index contributed by atoms with van der Waals surface area (Å²) in [5, 5.41) is 28.6. The number of hydrogen-bond donors (Lipinski definition) is 10. The van der Waals surface area contributed by atoms with E-state index >= 15 is 0 Å². The molecule has 0 atom stereocenters. The third-order valence-corrected chi connectivity index (χ3v) is 24.2. The average Bonchev–Trinajstić information content (AvgIpc) is 1.62. The molecule has 11 N–H and O–H groups in total. The molecule has 0 saturated carbocycles. The van der Waals surface area contributed by atoms with Gasteiger partial charge in [-0.2, -0.15) is 0 Å². The Kier molecular flexibility index (Phi) is 24.4. The highest BCUT2D eigenvalue weighted by Gasteiger charge is 2.26. The maximum Gasteiger partial charge on any atom is 0.270 e. The van der Waals surface area contributed by atoms with Crippen LogP contribution in [-0.2, 0) is 0 Å². The number of ether oxygens (including phenoxy) is 2. The molecule has 24 heteroatoms. The number of methoxy groups -OCH3 is 2. The van der Waals surface area contributed by atoms with Crippen LogP contribution in [0.4, 0.5) is 28.9 Å². The number of benzene rings is 16. The standard InChI is InChI=1S/C24H17FN4O2.C24H19FN4.C23H16FN3.C23H19FN2O2.C21H14N2O/c1-14-21(19-13-18(29(30)31)11-12-20(19)26-14)24-27-22(15-5-3-2-4-6-15)23(28-24)16-7-9-17(25)10-8-16;1-14-21(19-13-18(26)11-12-20(19)27-14)24-28-22(15-5-3-2-4-6-15)23(29-24)16-7-9-17(25)10-8-16;24-19-9-6-16(7-10-19)22-21(15-4-2-1-3-5-15)26-23(27-22)18-8-11-20-17(14-18)12-13-25-20;1-27-18-12-13-19(20(14-18)28-2)23-25-21(15-6-4-3-5-7-15)22(26-23)16-8-10-17(24)11-9-16;24-14-7-5-6-13(12-14)21-22-19-17-10-3-1-8-15(17)16-9-2-4-11-18(16)20(19)23-21/h2-13,26H,1H3,(H,27,28);2-13,27H,26H2,1H3,(H,28,29);1-14,25H,(H,26,27);3-14H,1-2H3,(H,25,26);1-12,24H,(H,22,23). The highest BCUT2D eigenvalue weighted by atomic mass is 19.1. The monoisotopic (exact) mass is 1830 g/mol. The van der Waals surface area contributed by atoms with E-state index in [9.17, 15) is 32.8 Å². The van der Waals surface area contributed by atoms with Crippen LogP contribution in [0.5, 0.6) is 17.2 Å². The number of fused-ring (bicyclic) bond motifs is 9. The fourth-order valence-electron chi connectivity index (χ4n) is 17.5. The van der Waals surface area contributed by atoms with E-state index in [1.54, 1.807) is 87.0 Å². The topological polar surface area (TPSA) is 299 Å². The number of nitro groups is 1. The molecule has 16 aromatic carbocycles. The molecule has 0 unspecified atom stereocenters. The number of nitrogens with zero attached hydrogens (tertiary/aromatic N) is 6. The molecule has 0 saturated heterocycles. The van der Waals surface area contributed by atoms with Crippen molar-refractivity contribution < 1.29 is 37.1 Å². The Morgan fingerprint density at radius 1 is 0.331 bits per heavy atom. The maximum absolute atomic E-state index is 13.5. The third kappa shape index (κ3) is 18.3. The molecule has 24 rings (SSSR count). The smallest absolute Gasteiger partial charge is 0.270 e. The Bertz CT molecular complexity index is 8520. The van der Waals surface area contributed by atoms with Gasteiger partial charge in [0, 0.05) is 152 Å². The van der Waals surface area contributed by atoms with E-state index < -0.39 is 4.92 Å². The minimum atomic E-state index is -0.410. The molecule has 0 aliphatic heterocycles. The molecule has 24 aromatic rings. The van der Waals surface area contributed by atoms with Crippen LogP contribution in [0.2, 0.25) is 0 Å². The molecule has 0 aliphatic carbocycles. The minimum absolute atomic E-state index is 0.0151. The van der Waals surface area contributed by atoms with E-state index in [2.05, 4.69) is 82.3 Å². The summed E-state index contributed by atoms with van der Waals surface area (Å²) in [5.74, 6) is 4.04. The first-order valence-electron chi connectivity index (χ1n) is 44.6. The van der Waals surface area contributed by atoms with Gasteiger partial charge in [0.15, 0.2) is 0 Å². The molecule has 0 aliphatic rings. The van der Waals surface area contributed by atoms with Gasteiger partial charge in [-0.3, -0.25) is 10.1 Å². The van der Waals surface area contributed by atoms with Crippen LogP contribution < -0.4 is 15.2 Å². The number of nitrogens with two attached hydrogens (primary N) is 1. The molecule has 0 amide bonds. The number of aryl methyl sites for hydroxylation is 2.